The van der Waals surface area contributed by atoms with E-state index in [0.29, 0.717) is 5.75 Å². The third-order valence-corrected chi connectivity index (χ3v) is 6.06. The van der Waals surface area contributed by atoms with Gasteiger partial charge in [-0.2, -0.15) is 5.10 Å². The molecule has 4 rings (SSSR count). The molecule has 0 fully saturated rings. The molecule has 1 aromatic heterocycles. The zero-order valence-electron chi connectivity index (χ0n) is 15.3. The fraction of sp³-hybridized carbons (Fsp3) is 0.238. The van der Waals surface area contributed by atoms with E-state index in [2.05, 4.69) is 24.4 Å². The summed E-state index contributed by atoms with van der Waals surface area (Å²) in [5, 5.41) is 17.4. The van der Waals surface area contributed by atoms with Gasteiger partial charge >= 0.3 is 0 Å². The standard InChI is InChI=1S/C21H21N3O2S/c1-3-14-4-8-16(9-5-14)24-21-19(13(2)23-24)20(27-12-18(26)22-21)15-6-10-17(25)11-7-15/h4-11,20,25H,3,12H2,1-2H3,(H,22,26)/t20-/m0/s1. The molecule has 0 saturated heterocycles. The Kier molecular flexibility index (Phi) is 4.66. The van der Waals surface area contributed by atoms with Crippen LogP contribution < -0.4 is 5.32 Å². The Morgan fingerprint density at radius 3 is 2.56 bits per heavy atom. The lowest BCUT2D eigenvalue weighted by Gasteiger charge is -2.15. The van der Waals surface area contributed by atoms with Crippen LogP contribution in [0.5, 0.6) is 5.75 Å². The van der Waals surface area contributed by atoms with Gasteiger partial charge < -0.3 is 10.4 Å². The molecule has 1 amide bonds. The number of aryl methyl sites for hydroxylation is 2. The summed E-state index contributed by atoms with van der Waals surface area (Å²) in [5.74, 6) is 1.29. The SMILES string of the molecule is CCc1ccc(-n2nc(C)c3c2NC(=O)CS[C@H]3c2ccc(O)cc2)cc1. The molecule has 5 nitrogen and oxygen atoms in total. The normalized spacial score (nSPS) is 16.5. The second kappa shape index (κ2) is 7.12. The van der Waals surface area contributed by atoms with Crippen LogP contribution >= 0.6 is 11.8 Å². The number of amides is 1. The van der Waals surface area contributed by atoms with Crippen LogP contribution in [0, 0.1) is 6.92 Å². The van der Waals surface area contributed by atoms with Crippen LogP contribution in [0.3, 0.4) is 0 Å². The third-order valence-electron chi connectivity index (χ3n) is 4.79. The van der Waals surface area contributed by atoms with Crippen molar-refractivity contribution in [2.45, 2.75) is 25.5 Å². The summed E-state index contributed by atoms with van der Waals surface area (Å²) >= 11 is 1.58. The number of rotatable bonds is 3. The minimum atomic E-state index is -0.0335. The maximum Gasteiger partial charge on any atom is 0.235 e. The third kappa shape index (κ3) is 3.32. The molecule has 2 aromatic carbocycles. The average Bonchev–Trinajstić information content (AvgIpc) is 2.88. The first-order valence-electron chi connectivity index (χ1n) is 8.96. The van der Waals surface area contributed by atoms with Gasteiger partial charge in [-0.3, -0.25) is 4.79 Å². The molecule has 0 aliphatic carbocycles. The van der Waals surface area contributed by atoms with Gasteiger partial charge in [0.1, 0.15) is 11.6 Å². The van der Waals surface area contributed by atoms with E-state index < -0.39 is 0 Å². The number of anilines is 1. The van der Waals surface area contributed by atoms with Gasteiger partial charge in [0.25, 0.3) is 0 Å². The van der Waals surface area contributed by atoms with E-state index in [4.69, 9.17) is 5.10 Å². The molecule has 138 valence electrons. The van der Waals surface area contributed by atoms with Gasteiger partial charge in [0, 0.05) is 5.56 Å². The van der Waals surface area contributed by atoms with Crippen molar-refractivity contribution in [2.24, 2.45) is 0 Å². The summed E-state index contributed by atoms with van der Waals surface area (Å²) < 4.78 is 1.82. The molecule has 1 atom stereocenters. The highest BCUT2D eigenvalue weighted by Gasteiger charge is 2.30. The van der Waals surface area contributed by atoms with E-state index in [0.717, 1.165) is 34.7 Å². The summed E-state index contributed by atoms with van der Waals surface area (Å²) in [6.07, 6.45) is 0.979. The van der Waals surface area contributed by atoms with Crippen LogP contribution in [0.25, 0.3) is 5.69 Å². The summed E-state index contributed by atoms with van der Waals surface area (Å²) in [4.78, 5) is 12.4. The highest BCUT2D eigenvalue weighted by Crippen LogP contribution is 2.44. The minimum Gasteiger partial charge on any atom is -0.508 e. The zero-order chi connectivity index (χ0) is 19.0. The van der Waals surface area contributed by atoms with Gasteiger partial charge in [-0.1, -0.05) is 31.2 Å². The molecule has 2 N–H and O–H groups in total. The summed E-state index contributed by atoms with van der Waals surface area (Å²) in [5.41, 5.74) is 5.12. The van der Waals surface area contributed by atoms with E-state index in [9.17, 15) is 9.90 Å². The van der Waals surface area contributed by atoms with E-state index in [1.807, 2.05) is 35.9 Å². The fourth-order valence-corrected chi connectivity index (χ4v) is 4.54. The molecule has 0 saturated carbocycles. The number of carbonyl (C=O) groups is 1. The van der Waals surface area contributed by atoms with Gasteiger partial charge in [-0.25, -0.2) is 4.68 Å². The molecule has 0 spiro atoms. The molecular formula is C21H21N3O2S. The zero-order valence-corrected chi connectivity index (χ0v) is 16.1. The van der Waals surface area contributed by atoms with E-state index in [-0.39, 0.29) is 16.9 Å². The van der Waals surface area contributed by atoms with Crippen molar-refractivity contribution in [1.29, 1.82) is 0 Å². The number of nitrogens with one attached hydrogen (secondary N) is 1. The second-order valence-corrected chi connectivity index (χ2v) is 7.70. The van der Waals surface area contributed by atoms with Crippen molar-refractivity contribution in [3.05, 3.63) is 70.9 Å². The lowest BCUT2D eigenvalue weighted by atomic mass is 10.0. The van der Waals surface area contributed by atoms with Crippen molar-refractivity contribution >= 4 is 23.5 Å². The topological polar surface area (TPSA) is 67.2 Å². The maximum atomic E-state index is 12.4. The number of phenols is 1. The Morgan fingerprint density at radius 1 is 1.19 bits per heavy atom. The predicted octanol–water partition coefficient (Wildman–Crippen LogP) is 4.22. The molecule has 0 radical (unpaired) electrons. The number of fused-ring (bicyclic) bond motifs is 1. The largest absolute Gasteiger partial charge is 0.508 e. The Morgan fingerprint density at radius 2 is 1.89 bits per heavy atom. The highest BCUT2D eigenvalue weighted by atomic mass is 32.2. The number of phenolic OH excluding ortho intramolecular Hbond substituents is 1. The number of thioether (sulfide) groups is 1. The van der Waals surface area contributed by atoms with Crippen LogP contribution in [0.4, 0.5) is 5.82 Å². The molecular weight excluding hydrogens is 358 g/mol. The first-order valence-corrected chi connectivity index (χ1v) is 10.0. The summed E-state index contributed by atoms with van der Waals surface area (Å²) in [7, 11) is 0. The molecule has 3 aromatic rings. The first-order chi connectivity index (χ1) is 13.1. The van der Waals surface area contributed by atoms with Crippen LogP contribution in [0.2, 0.25) is 0 Å². The van der Waals surface area contributed by atoms with Crippen molar-refractivity contribution in [3.8, 4) is 11.4 Å². The summed E-state index contributed by atoms with van der Waals surface area (Å²) in [6, 6.07) is 15.4. The molecule has 0 unspecified atom stereocenters. The van der Waals surface area contributed by atoms with Crippen molar-refractivity contribution in [1.82, 2.24) is 9.78 Å². The molecule has 27 heavy (non-hydrogen) atoms. The Balaban J connectivity index is 1.84. The van der Waals surface area contributed by atoms with Crippen LogP contribution in [-0.2, 0) is 11.2 Å². The Bertz CT molecular complexity index is 978. The van der Waals surface area contributed by atoms with E-state index >= 15 is 0 Å². The van der Waals surface area contributed by atoms with Gasteiger partial charge in [-0.15, -0.1) is 11.8 Å². The average molecular weight is 379 g/mol. The summed E-state index contributed by atoms with van der Waals surface area (Å²) in [6.45, 7) is 4.10. The van der Waals surface area contributed by atoms with Crippen LogP contribution in [-0.4, -0.2) is 26.5 Å². The lowest BCUT2D eigenvalue weighted by Crippen LogP contribution is -2.15. The lowest BCUT2D eigenvalue weighted by molar-refractivity contribution is -0.113. The van der Waals surface area contributed by atoms with Crippen molar-refractivity contribution in [3.63, 3.8) is 0 Å². The van der Waals surface area contributed by atoms with Gasteiger partial charge in [-0.05, 0) is 48.7 Å². The van der Waals surface area contributed by atoms with E-state index in [1.165, 1.54) is 5.56 Å². The molecule has 1 aliphatic heterocycles. The Hall–Kier alpha value is -2.73. The van der Waals surface area contributed by atoms with E-state index in [1.54, 1.807) is 23.9 Å². The quantitative estimate of drug-likeness (QED) is 0.715. The van der Waals surface area contributed by atoms with Gasteiger partial charge in [0.15, 0.2) is 0 Å². The highest BCUT2D eigenvalue weighted by molar-refractivity contribution is 8.00. The predicted molar refractivity (Wildman–Crippen MR) is 109 cm³/mol. The number of benzene rings is 2. The molecule has 2 heterocycles. The molecule has 1 aliphatic rings. The van der Waals surface area contributed by atoms with Gasteiger partial charge in [0.05, 0.1) is 22.4 Å². The molecule has 0 bridgehead atoms. The van der Waals surface area contributed by atoms with Gasteiger partial charge in [0.2, 0.25) is 5.91 Å². The fourth-order valence-electron chi connectivity index (χ4n) is 3.36. The Labute approximate surface area is 162 Å². The number of carbonyl (C=O) groups excluding carboxylic acids is 1. The van der Waals surface area contributed by atoms with Crippen molar-refractivity contribution in [2.75, 3.05) is 11.1 Å². The smallest absolute Gasteiger partial charge is 0.235 e. The maximum absolute atomic E-state index is 12.4. The number of hydrogen-bond acceptors (Lipinski definition) is 4. The van der Waals surface area contributed by atoms with Crippen LogP contribution in [0.15, 0.2) is 48.5 Å². The minimum absolute atomic E-state index is 0.0248. The number of hydrogen-bond donors (Lipinski definition) is 2. The number of aromatic nitrogens is 2. The number of nitrogens with zero attached hydrogens (tertiary/aromatic N) is 2. The van der Waals surface area contributed by atoms with Crippen molar-refractivity contribution < 1.29 is 9.90 Å². The molecule has 6 heteroatoms. The first kappa shape index (κ1) is 17.7. The van der Waals surface area contributed by atoms with Crippen LogP contribution in [0.1, 0.15) is 34.6 Å². The number of aromatic hydroxyl groups is 1. The monoisotopic (exact) mass is 379 g/mol. The second-order valence-electron chi connectivity index (χ2n) is 6.61.